The maximum absolute atomic E-state index is 13.1. The predicted molar refractivity (Wildman–Crippen MR) is 123 cm³/mol. The molecule has 0 bridgehead atoms. The number of halogens is 2. The van der Waals surface area contributed by atoms with Crippen molar-refractivity contribution in [3.05, 3.63) is 93.7 Å². The summed E-state index contributed by atoms with van der Waals surface area (Å²) >= 11 is 12.1. The van der Waals surface area contributed by atoms with Crippen LogP contribution in [0.25, 0.3) is 5.76 Å². The zero-order chi connectivity index (χ0) is 22.8. The Morgan fingerprint density at radius 1 is 1.09 bits per heavy atom. The molecule has 1 N–H and O–H groups in total. The molecular weight excluding hydrogens is 451 g/mol. The molecule has 1 aromatic heterocycles. The first kappa shape index (κ1) is 21.9. The third kappa shape index (κ3) is 3.95. The monoisotopic (exact) mass is 468 g/mol. The Balaban J connectivity index is 1.88. The fourth-order valence-electron chi connectivity index (χ4n) is 3.62. The van der Waals surface area contributed by atoms with E-state index in [0.29, 0.717) is 28.6 Å². The first-order chi connectivity index (χ1) is 15.4. The number of carbonyl (C=O) groups excluding carboxylic acids is 2. The van der Waals surface area contributed by atoms with Crippen molar-refractivity contribution >= 4 is 46.3 Å². The molecule has 1 saturated heterocycles. The highest BCUT2D eigenvalue weighted by atomic mass is 35.5. The van der Waals surface area contributed by atoms with Crippen LogP contribution in [-0.2, 0) is 9.59 Å². The highest BCUT2D eigenvalue weighted by molar-refractivity contribution is 6.51. The van der Waals surface area contributed by atoms with Crippen molar-refractivity contribution in [2.45, 2.75) is 13.0 Å². The van der Waals surface area contributed by atoms with E-state index in [0.717, 1.165) is 0 Å². The number of carbonyl (C=O) groups is 2. The van der Waals surface area contributed by atoms with E-state index in [9.17, 15) is 14.7 Å². The van der Waals surface area contributed by atoms with E-state index in [-0.39, 0.29) is 21.9 Å². The molecule has 1 unspecified atom stereocenters. The van der Waals surface area contributed by atoms with Gasteiger partial charge in [0.05, 0.1) is 28.3 Å². The molecule has 1 aliphatic heterocycles. The smallest absolute Gasteiger partial charge is 0.300 e. The summed E-state index contributed by atoms with van der Waals surface area (Å²) in [5, 5.41) is 11.6. The average molecular weight is 469 g/mol. The van der Waals surface area contributed by atoms with Crippen molar-refractivity contribution < 1.29 is 19.4 Å². The maximum Gasteiger partial charge on any atom is 0.300 e. The van der Waals surface area contributed by atoms with E-state index in [1.165, 1.54) is 23.1 Å². The Morgan fingerprint density at radius 3 is 2.47 bits per heavy atom. The molecule has 6 nitrogen and oxygen atoms in total. The Bertz CT molecular complexity index is 1210. The standard InChI is InChI=1S/C24H18Cl2N2O4/c1-2-32-17-8-6-16(7-9-17)28-21(15-4-3-11-27-13-15)20(23(30)24(28)31)22(29)14-5-10-18(25)19(26)12-14/h3-13,21,29H,2H2,1H3/b22-20-. The lowest BCUT2D eigenvalue weighted by Crippen LogP contribution is -2.29. The third-order valence-electron chi connectivity index (χ3n) is 5.06. The summed E-state index contributed by atoms with van der Waals surface area (Å²) in [5.41, 5.74) is 1.27. The van der Waals surface area contributed by atoms with Gasteiger partial charge in [-0.15, -0.1) is 0 Å². The zero-order valence-corrected chi connectivity index (χ0v) is 18.5. The van der Waals surface area contributed by atoms with Crippen molar-refractivity contribution in [3.8, 4) is 5.75 Å². The summed E-state index contributed by atoms with van der Waals surface area (Å²) in [4.78, 5) is 31.7. The summed E-state index contributed by atoms with van der Waals surface area (Å²) in [6.45, 7) is 2.38. The number of anilines is 1. The number of rotatable bonds is 5. The molecule has 1 fully saturated rings. The van der Waals surface area contributed by atoms with E-state index in [2.05, 4.69) is 4.98 Å². The van der Waals surface area contributed by atoms with Gasteiger partial charge in [0, 0.05) is 23.6 Å². The van der Waals surface area contributed by atoms with Crippen LogP contribution in [0.2, 0.25) is 10.0 Å². The highest BCUT2D eigenvalue weighted by Crippen LogP contribution is 2.42. The van der Waals surface area contributed by atoms with Gasteiger partial charge in [0.2, 0.25) is 0 Å². The number of ether oxygens (including phenoxy) is 1. The van der Waals surface area contributed by atoms with Crippen molar-refractivity contribution in [2.24, 2.45) is 0 Å². The lowest BCUT2D eigenvalue weighted by Gasteiger charge is -2.25. The number of pyridine rings is 1. The van der Waals surface area contributed by atoms with Gasteiger partial charge in [-0.05, 0) is 61.0 Å². The van der Waals surface area contributed by atoms with E-state index in [1.54, 1.807) is 48.8 Å². The van der Waals surface area contributed by atoms with Crippen LogP contribution >= 0.6 is 23.2 Å². The SMILES string of the molecule is CCOc1ccc(N2C(=O)C(=O)/C(=C(\O)c3ccc(Cl)c(Cl)c3)C2c2cccnc2)cc1. The zero-order valence-electron chi connectivity index (χ0n) is 17.0. The van der Waals surface area contributed by atoms with Gasteiger partial charge in [-0.1, -0.05) is 29.3 Å². The van der Waals surface area contributed by atoms with Crippen LogP contribution in [0, 0.1) is 0 Å². The number of aliphatic hydroxyl groups excluding tert-OH is 1. The molecule has 32 heavy (non-hydrogen) atoms. The van der Waals surface area contributed by atoms with Gasteiger partial charge in [-0.2, -0.15) is 0 Å². The minimum Gasteiger partial charge on any atom is -0.507 e. The normalized spacial score (nSPS) is 17.6. The molecule has 0 spiro atoms. The fourth-order valence-corrected chi connectivity index (χ4v) is 3.92. The number of benzene rings is 2. The molecule has 0 radical (unpaired) electrons. The molecule has 2 heterocycles. The Morgan fingerprint density at radius 2 is 1.84 bits per heavy atom. The number of Topliss-reactive ketones (excluding diaryl/α,β-unsaturated/α-hetero) is 1. The maximum atomic E-state index is 13.1. The third-order valence-corrected chi connectivity index (χ3v) is 5.80. The number of amides is 1. The van der Waals surface area contributed by atoms with E-state index in [1.807, 2.05) is 6.92 Å². The molecule has 1 amide bonds. The number of hydrogen-bond acceptors (Lipinski definition) is 5. The van der Waals surface area contributed by atoms with Crippen LogP contribution < -0.4 is 9.64 Å². The van der Waals surface area contributed by atoms with Gasteiger partial charge >= 0.3 is 0 Å². The first-order valence-corrected chi connectivity index (χ1v) is 10.6. The van der Waals surface area contributed by atoms with Crippen molar-refractivity contribution in [3.63, 3.8) is 0 Å². The molecule has 1 aliphatic rings. The number of ketones is 1. The predicted octanol–water partition coefficient (Wildman–Crippen LogP) is 5.41. The van der Waals surface area contributed by atoms with Crippen LogP contribution in [0.4, 0.5) is 5.69 Å². The molecule has 1 atom stereocenters. The molecule has 4 rings (SSSR count). The summed E-state index contributed by atoms with van der Waals surface area (Å²) in [7, 11) is 0. The van der Waals surface area contributed by atoms with Crippen molar-refractivity contribution in [1.82, 2.24) is 4.98 Å². The highest BCUT2D eigenvalue weighted by Gasteiger charge is 2.47. The van der Waals surface area contributed by atoms with Gasteiger partial charge in [0.1, 0.15) is 11.5 Å². The van der Waals surface area contributed by atoms with Crippen LogP contribution in [0.3, 0.4) is 0 Å². The number of aromatic nitrogens is 1. The number of aliphatic hydroxyl groups is 1. The Hall–Kier alpha value is -3.35. The second-order valence-electron chi connectivity index (χ2n) is 7.01. The van der Waals surface area contributed by atoms with Gasteiger partial charge in [-0.25, -0.2) is 0 Å². The van der Waals surface area contributed by atoms with E-state index >= 15 is 0 Å². The Kier molecular flexibility index (Phi) is 6.17. The number of hydrogen-bond donors (Lipinski definition) is 1. The van der Waals surface area contributed by atoms with E-state index < -0.39 is 17.7 Å². The summed E-state index contributed by atoms with van der Waals surface area (Å²) in [6.07, 6.45) is 3.14. The molecule has 0 aliphatic carbocycles. The average Bonchev–Trinajstić information content (AvgIpc) is 3.07. The Labute approximate surface area is 194 Å². The topological polar surface area (TPSA) is 79.7 Å². The summed E-state index contributed by atoms with van der Waals surface area (Å²) in [5.74, 6) is -1.27. The van der Waals surface area contributed by atoms with Crippen molar-refractivity contribution in [1.29, 1.82) is 0 Å². The van der Waals surface area contributed by atoms with Crippen LogP contribution in [0.5, 0.6) is 5.75 Å². The molecule has 0 saturated carbocycles. The van der Waals surface area contributed by atoms with Gasteiger partial charge in [-0.3, -0.25) is 19.5 Å². The lowest BCUT2D eigenvalue weighted by molar-refractivity contribution is -0.132. The van der Waals surface area contributed by atoms with Gasteiger partial charge in [0.25, 0.3) is 11.7 Å². The summed E-state index contributed by atoms with van der Waals surface area (Å²) < 4.78 is 5.47. The fraction of sp³-hybridized carbons (Fsp3) is 0.125. The van der Waals surface area contributed by atoms with Crippen molar-refractivity contribution in [2.75, 3.05) is 11.5 Å². The molecule has 162 valence electrons. The second-order valence-corrected chi connectivity index (χ2v) is 7.83. The lowest BCUT2D eigenvalue weighted by atomic mass is 9.96. The quantitative estimate of drug-likeness (QED) is 0.307. The molecule has 2 aromatic carbocycles. The minimum absolute atomic E-state index is 0.0599. The van der Waals surface area contributed by atoms with Gasteiger partial charge < -0.3 is 9.84 Å². The van der Waals surface area contributed by atoms with Crippen LogP contribution in [-0.4, -0.2) is 28.4 Å². The minimum atomic E-state index is -0.879. The molecular formula is C24H18Cl2N2O4. The molecule has 3 aromatic rings. The summed E-state index contributed by atoms with van der Waals surface area (Å²) in [6, 6.07) is 13.9. The van der Waals surface area contributed by atoms with Crippen LogP contribution in [0.1, 0.15) is 24.1 Å². The van der Waals surface area contributed by atoms with Gasteiger partial charge in [0.15, 0.2) is 0 Å². The number of nitrogens with zero attached hydrogens (tertiary/aromatic N) is 2. The first-order valence-electron chi connectivity index (χ1n) is 9.81. The molecule has 8 heteroatoms. The second kappa shape index (κ2) is 9.02. The largest absolute Gasteiger partial charge is 0.507 e. The van der Waals surface area contributed by atoms with E-state index in [4.69, 9.17) is 27.9 Å². The van der Waals surface area contributed by atoms with Crippen LogP contribution in [0.15, 0.2) is 72.6 Å².